The highest BCUT2D eigenvalue weighted by atomic mass is 31.2. The highest BCUT2D eigenvalue weighted by molar-refractivity contribution is 7.47. The first-order chi connectivity index (χ1) is 31.5. The summed E-state index contributed by atoms with van der Waals surface area (Å²) in [6.45, 7) is 4.85. The molecule has 0 saturated carbocycles. The molecule has 3 atom stereocenters. The van der Waals surface area contributed by atoms with Crippen LogP contribution in [0.4, 0.5) is 0 Å². The summed E-state index contributed by atoms with van der Waals surface area (Å²) in [5.74, 6) is -0.177. The van der Waals surface area contributed by atoms with Gasteiger partial charge in [-0.2, -0.15) is 0 Å². The second-order valence-corrected chi connectivity index (χ2v) is 22.1. The van der Waals surface area contributed by atoms with Crippen LogP contribution in [-0.4, -0.2) is 73.4 Å². The Morgan fingerprint density at radius 2 is 0.831 bits per heavy atom. The van der Waals surface area contributed by atoms with E-state index >= 15 is 0 Å². The monoisotopic (exact) mass is 940 g/mol. The highest BCUT2D eigenvalue weighted by Gasteiger charge is 2.27. The lowest BCUT2D eigenvalue weighted by atomic mass is 10.0. The number of amides is 1. The molecule has 0 aliphatic heterocycles. The molecule has 0 rings (SSSR count). The molecule has 0 radical (unpaired) electrons. The second-order valence-electron chi connectivity index (χ2n) is 20.7. The molecule has 0 aromatic rings. The standard InChI is InChI=1S/C56H111N2O6P/c1-6-8-10-12-14-16-18-20-22-24-26-28-29-30-31-33-35-37-39-41-43-45-47-49-55(59)54(53-64-65(61,62)63-52-51-58(3,4)5)57-56(60)50-48-46-44-42-40-38-36-34-32-27-25-23-21-19-17-15-13-11-9-7-2/h27,32,47,49,54-55,59H,6-26,28-31,33-46,48,50-53H2,1-5H3,(H-,57,60,61,62)/p+1/b32-27-,49-47+. The van der Waals surface area contributed by atoms with E-state index in [-0.39, 0.29) is 19.1 Å². The number of hydrogen-bond acceptors (Lipinski definition) is 5. The normalized spacial score (nSPS) is 14.1. The fourth-order valence-corrected chi connectivity index (χ4v) is 9.19. The molecule has 0 aliphatic rings. The summed E-state index contributed by atoms with van der Waals surface area (Å²) in [7, 11) is 1.58. The number of phosphoric acid groups is 1. The van der Waals surface area contributed by atoms with E-state index in [1.54, 1.807) is 6.08 Å². The van der Waals surface area contributed by atoms with Crippen LogP contribution in [0.3, 0.4) is 0 Å². The second kappa shape index (κ2) is 48.0. The van der Waals surface area contributed by atoms with Crippen LogP contribution in [-0.2, 0) is 18.4 Å². The van der Waals surface area contributed by atoms with E-state index in [2.05, 4.69) is 31.3 Å². The van der Waals surface area contributed by atoms with Gasteiger partial charge in [0.05, 0.1) is 39.9 Å². The lowest BCUT2D eigenvalue weighted by molar-refractivity contribution is -0.870. The molecule has 0 heterocycles. The number of likely N-dealkylation sites (N-methyl/N-ethyl adjacent to an activating group) is 1. The van der Waals surface area contributed by atoms with E-state index in [1.807, 2.05) is 27.2 Å². The van der Waals surface area contributed by atoms with Crippen LogP contribution in [0.25, 0.3) is 0 Å². The van der Waals surface area contributed by atoms with Gasteiger partial charge in [0, 0.05) is 6.42 Å². The Morgan fingerprint density at radius 1 is 0.508 bits per heavy atom. The Hall–Kier alpha value is -1.02. The Balaban J connectivity index is 4.23. The SMILES string of the molecule is CCCCCCCCCCC/C=C\CCCCCCCCCC(=O)NC(COP(=O)(O)OCC[N+](C)(C)C)C(O)/C=C/CCCCCCCCCCCCCCCCCCCCCCC. The quantitative estimate of drug-likeness (QED) is 0.0243. The highest BCUT2D eigenvalue weighted by Crippen LogP contribution is 2.43. The molecule has 386 valence electrons. The maximum absolute atomic E-state index is 13.0. The summed E-state index contributed by atoms with van der Waals surface area (Å²) in [5, 5.41) is 13.9. The zero-order valence-corrected chi connectivity index (χ0v) is 44.9. The lowest BCUT2D eigenvalue weighted by Gasteiger charge is -2.25. The van der Waals surface area contributed by atoms with Crippen LogP contribution in [0.5, 0.6) is 0 Å². The molecule has 3 unspecified atom stereocenters. The average Bonchev–Trinajstić information content (AvgIpc) is 3.26. The van der Waals surface area contributed by atoms with Crippen molar-refractivity contribution in [3.05, 3.63) is 24.3 Å². The van der Waals surface area contributed by atoms with Gasteiger partial charge in [0.15, 0.2) is 0 Å². The molecule has 0 aliphatic carbocycles. The fraction of sp³-hybridized carbons (Fsp3) is 0.911. The predicted molar refractivity (Wildman–Crippen MR) is 281 cm³/mol. The minimum absolute atomic E-state index is 0.0623. The minimum atomic E-state index is -4.34. The van der Waals surface area contributed by atoms with E-state index in [0.29, 0.717) is 17.4 Å². The van der Waals surface area contributed by atoms with Crippen LogP contribution >= 0.6 is 7.82 Å². The van der Waals surface area contributed by atoms with E-state index in [9.17, 15) is 19.4 Å². The fourth-order valence-electron chi connectivity index (χ4n) is 8.45. The topological polar surface area (TPSA) is 105 Å². The number of phosphoric ester groups is 1. The van der Waals surface area contributed by atoms with E-state index in [1.165, 1.54) is 218 Å². The molecular formula is C56H112N2O6P+. The first-order valence-electron chi connectivity index (χ1n) is 28.2. The van der Waals surface area contributed by atoms with Crippen LogP contribution in [0, 0.1) is 0 Å². The van der Waals surface area contributed by atoms with E-state index < -0.39 is 20.0 Å². The Labute approximate surface area is 404 Å². The van der Waals surface area contributed by atoms with Gasteiger partial charge in [-0.25, -0.2) is 4.57 Å². The molecule has 0 aromatic heterocycles. The molecular weight excluding hydrogens is 828 g/mol. The minimum Gasteiger partial charge on any atom is -0.387 e. The first kappa shape index (κ1) is 64.0. The molecule has 0 fully saturated rings. The Bertz CT molecular complexity index is 1110. The number of carbonyl (C=O) groups is 1. The van der Waals surface area contributed by atoms with Gasteiger partial charge >= 0.3 is 7.82 Å². The van der Waals surface area contributed by atoms with Gasteiger partial charge in [-0.1, -0.05) is 250 Å². The number of nitrogens with zero attached hydrogens (tertiary/aromatic N) is 1. The molecule has 0 bridgehead atoms. The third kappa shape index (κ3) is 50.7. The van der Waals surface area contributed by atoms with Crippen molar-refractivity contribution in [3.8, 4) is 0 Å². The predicted octanol–water partition coefficient (Wildman–Crippen LogP) is 16.8. The number of rotatable bonds is 52. The molecule has 65 heavy (non-hydrogen) atoms. The summed E-state index contributed by atoms with van der Waals surface area (Å²) in [6.07, 6.45) is 59.8. The third-order valence-corrected chi connectivity index (χ3v) is 13.9. The van der Waals surface area contributed by atoms with Gasteiger partial charge in [-0.05, 0) is 44.9 Å². The smallest absolute Gasteiger partial charge is 0.387 e. The van der Waals surface area contributed by atoms with Crippen molar-refractivity contribution in [2.45, 2.75) is 289 Å². The Morgan fingerprint density at radius 3 is 1.18 bits per heavy atom. The molecule has 0 spiro atoms. The maximum atomic E-state index is 13.0. The van der Waals surface area contributed by atoms with Gasteiger partial charge in [-0.15, -0.1) is 0 Å². The number of allylic oxidation sites excluding steroid dienone is 3. The van der Waals surface area contributed by atoms with Crippen LogP contribution in [0.15, 0.2) is 24.3 Å². The summed E-state index contributed by atoms with van der Waals surface area (Å²) in [6, 6.07) is -0.847. The van der Waals surface area contributed by atoms with Crippen LogP contribution in [0.2, 0.25) is 0 Å². The molecule has 9 heteroatoms. The molecule has 0 aromatic carbocycles. The summed E-state index contributed by atoms with van der Waals surface area (Å²) < 4.78 is 23.7. The average molecular weight is 940 g/mol. The zero-order chi connectivity index (χ0) is 47.8. The molecule has 3 N–H and O–H groups in total. The van der Waals surface area contributed by atoms with Gasteiger partial charge < -0.3 is 19.8 Å². The molecule has 8 nitrogen and oxygen atoms in total. The number of nitrogens with one attached hydrogen (secondary N) is 1. The van der Waals surface area contributed by atoms with Gasteiger partial charge in [0.1, 0.15) is 13.2 Å². The van der Waals surface area contributed by atoms with Crippen LogP contribution < -0.4 is 5.32 Å². The summed E-state index contributed by atoms with van der Waals surface area (Å²) in [4.78, 5) is 23.3. The number of hydrogen-bond donors (Lipinski definition) is 3. The van der Waals surface area contributed by atoms with Crippen molar-refractivity contribution in [2.24, 2.45) is 0 Å². The van der Waals surface area contributed by atoms with Crippen molar-refractivity contribution in [1.82, 2.24) is 5.32 Å². The number of unbranched alkanes of at least 4 members (excludes halogenated alkanes) is 37. The summed E-state index contributed by atoms with van der Waals surface area (Å²) >= 11 is 0. The first-order valence-corrected chi connectivity index (χ1v) is 29.7. The molecule has 0 saturated heterocycles. The van der Waals surface area contributed by atoms with Crippen molar-refractivity contribution in [2.75, 3.05) is 40.9 Å². The van der Waals surface area contributed by atoms with E-state index in [4.69, 9.17) is 9.05 Å². The third-order valence-electron chi connectivity index (χ3n) is 12.9. The van der Waals surface area contributed by atoms with Crippen LogP contribution in [0.1, 0.15) is 277 Å². The number of carbonyl (C=O) groups excluding carboxylic acids is 1. The number of aliphatic hydroxyl groups excluding tert-OH is 1. The summed E-state index contributed by atoms with van der Waals surface area (Å²) in [5.41, 5.74) is 0. The zero-order valence-electron chi connectivity index (χ0n) is 44.0. The van der Waals surface area contributed by atoms with Gasteiger partial charge in [0.25, 0.3) is 0 Å². The Kier molecular flexibility index (Phi) is 47.3. The number of aliphatic hydroxyl groups is 1. The van der Waals surface area contributed by atoms with Gasteiger partial charge in [-0.3, -0.25) is 13.8 Å². The van der Waals surface area contributed by atoms with Crippen molar-refractivity contribution < 1.29 is 32.9 Å². The number of quaternary nitrogens is 1. The largest absolute Gasteiger partial charge is 0.472 e. The molecule has 1 amide bonds. The maximum Gasteiger partial charge on any atom is 0.472 e. The van der Waals surface area contributed by atoms with Gasteiger partial charge in [0.2, 0.25) is 5.91 Å². The van der Waals surface area contributed by atoms with E-state index in [0.717, 1.165) is 38.5 Å². The van der Waals surface area contributed by atoms with Crippen molar-refractivity contribution >= 4 is 13.7 Å². The van der Waals surface area contributed by atoms with Crippen molar-refractivity contribution in [3.63, 3.8) is 0 Å². The lowest BCUT2D eigenvalue weighted by Crippen LogP contribution is -2.45. The van der Waals surface area contributed by atoms with Crippen molar-refractivity contribution in [1.29, 1.82) is 0 Å².